The molecule has 6 nitrogen and oxygen atoms in total. The zero-order valence-electron chi connectivity index (χ0n) is 52.3. The molecule has 4 rings (SSSR count). The number of phenols is 4. The second-order valence-corrected chi connectivity index (χ2v) is 31.0. The Balaban J connectivity index is 1.66. The van der Waals surface area contributed by atoms with Gasteiger partial charge in [-0.25, -0.2) is 0 Å². The van der Waals surface area contributed by atoms with E-state index < -0.39 is 0 Å². The van der Waals surface area contributed by atoms with Crippen molar-refractivity contribution < 1.29 is 20.4 Å². The van der Waals surface area contributed by atoms with Gasteiger partial charge < -0.3 is 31.1 Å². The molecule has 4 aromatic carbocycles. The highest BCUT2D eigenvalue weighted by molar-refractivity contribution is 5.53. The van der Waals surface area contributed by atoms with Crippen LogP contribution in [0.4, 0.5) is 0 Å². The Morgan fingerprint density at radius 3 is 0.560 bits per heavy atom. The first-order valence-corrected chi connectivity index (χ1v) is 28.8. The van der Waals surface area contributed by atoms with E-state index in [-0.39, 0.29) is 55.4 Å². The molecule has 0 saturated carbocycles. The van der Waals surface area contributed by atoms with Gasteiger partial charge in [-0.2, -0.15) is 0 Å². The van der Waals surface area contributed by atoms with Gasteiger partial charge in [0.15, 0.2) is 0 Å². The van der Waals surface area contributed by atoms with Gasteiger partial charge in [-0.15, -0.1) is 0 Å². The van der Waals surface area contributed by atoms with Gasteiger partial charge >= 0.3 is 0 Å². The molecule has 0 aliphatic rings. The number of hydrogen-bond donors (Lipinski definition) is 6. The zero-order valence-corrected chi connectivity index (χ0v) is 52.3. The number of aryl methyl sites for hydroxylation is 4. The average Bonchev–Trinajstić information content (AvgIpc) is 3.23. The van der Waals surface area contributed by atoms with E-state index in [1.54, 1.807) is 0 Å². The van der Waals surface area contributed by atoms with E-state index in [4.69, 9.17) is 0 Å². The van der Waals surface area contributed by atoms with Crippen molar-refractivity contribution in [3.63, 3.8) is 0 Å². The molecule has 0 radical (unpaired) electrons. The summed E-state index contributed by atoms with van der Waals surface area (Å²) in [5.41, 5.74) is 11.6. The number of benzene rings is 4. The first kappa shape index (κ1) is 63.5. The van der Waals surface area contributed by atoms with Crippen molar-refractivity contribution >= 4 is 0 Å². The van der Waals surface area contributed by atoms with Gasteiger partial charge in [0, 0.05) is 12.1 Å². The van der Waals surface area contributed by atoms with Crippen molar-refractivity contribution in [2.45, 2.75) is 279 Å². The van der Waals surface area contributed by atoms with Crippen molar-refractivity contribution in [2.75, 3.05) is 13.1 Å². The molecule has 0 aromatic heterocycles. The van der Waals surface area contributed by atoms with Gasteiger partial charge in [-0.05, 0) is 181 Å². The summed E-state index contributed by atoms with van der Waals surface area (Å²) < 4.78 is 0. The van der Waals surface area contributed by atoms with Crippen LogP contribution in [0.15, 0.2) is 48.5 Å². The van der Waals surface area contributed by atoms with E-state index in [0.29, 0.717) is 23.0 Å². The minimum Gasteiger partial charge on any atom is -0.507 e. The van der Waals surface area contributed by atoms with Crippen LogP contribution < -0.4 is 10.6 Å². The van der Waals surface area contributed by atoms with E-state index in [2.05, 4.69) is 225 Å². The molecule has 75 heavy (non-hydrogen) atoms. The lowest BCUT2D eigenvalue weighted by molar-refractivity contribution is 0.413. The molecule has 0 saturated heterocycles. The summed E-state index contributed by atoms with van der Waals surface area (Å²) in [5, 5.41) is 54.4. The van der Waals surface area contributed by atoms with Crippen LogP contribution in [0.3, 0.4) is 0 Å². The summed E-state index contributed by atoms with van der Waals surface area (Å²) in [7, 11) is 0. The van der Waals surface area contributed by atoms with Crippen molar-refractivity contribution in [3.05, 3.63) is 115 Å². The van der Waals surface area contributed by atoms with Gasteiger partial charge in [-0.3, -0.25) is 0 Å². The maximum Gasteiger partial charge on any atom is 0.123 e. The predicted molar refractivity (Wildman–Crippen MR) is 324 cm³/mol. The second kappa shape index (κ2) is 23.5. The molecule has 4 aromatic rings. The first-order valence-electron chi connectivity index (χ1n) is 28.8. The lowest BCUT2D eigenvalue weighted by Gasteiger charge is -2.29. The predicted octanol–water partition coefficient (Wildman–Crippen LogP) is 17.0. The summed E-state index contributed by atoms with van der Waals surface area (Å²) in [5.74, 6) is 1.71. The number of nitrogens with one attached hydrogen (secondary N) is 2. The van der Waals surface area contributed by atoms with Crippen molar-refractivity contribution in [1.82, 2.24) is 10.6 Å². The van der Waals surface area contributed by atoms with Crippen molar-refractivity contribution in [1.29, 1.82) is 0 Å². The van der Waals surface area contributed by atoms with E-state index in [9.17, 15) is 20.4 Å². The Hall–Kier alpha value is -4.00. The van der Waals surface area contributed by atoms with Gasteiger partial charge in [0.1, 0.15) is 23.0 Å². The Morgan fingerprint density at radius 1 is 0.280 bits per heavy atom. The molecule has 6 N–H and O–H groups in total. The summed E-state index contributed by atoms with van der Waals surface area (Å²) in [6, 6.07) is 18.5. The summed E-state index contributed by atoms with van der Waals surface area (Å²) in [6.07, 6.45) is 8.42. The first-order chi connectivity index (χ1) is 33.9. The smallest absolute Gasteiger partial charge is 0.123 e. The molecule has 0 fully saturated rings. The molecule has 0 heterocycles. The third kappa shape index (κ3) is 17.5. The molecule has 0 aliphatic carbocycles. The number of phenolic OH excluding ortho intramolecular Hbond substituents is 4. The monoisotopic (exact) mass is 1030 g/mol. The van der Waals surface area contributed by atoms with Crippen LogP contribution in [0, 0.1) is 0 Å². The number of hydrogen-bond acceptors (Lipinski definition) is 6. The fraction of sp³-hybridized carbons (Fsp3) is 0.652. The van der Waals surface area contributed by atoms with Crippen LogP contribution in [0.1, 0.15) is 265 Å². The minimum absolute atomic E-state index is 0.194. The molecular formula is C69H110N2O4. The Labute approximate surface area is 459 Å². The van der Waals surface area contributed by atoms with Crippen LogP contribution in [0.2, 0.25) is 0 Å². The van der Waals surface area contributed by atoms with Crippen LogP contribution in [0.25, 0.3) is 0 Å². The fourth-order valence-electron chi connectivity index (χ4n) is 10.7. The molecule has 420 valence electrons. The average molecular weight is 1030 g/mol. The molecule has 0 bridgehead atoms. The van der Waals surface area contributed by atoms with Crippen molar-refractivity contribution in [3.8, 4) is 23.0 Å². The number of aromatic hydroxyl groups is 4. The minimum atomic E-state index is -0.194. The van der Waals surface area contributed by atoms with Crippen LogP contribution in [-0.4, -0.2) is 45.6 Å². The molecular weight excluding hydrogens is 921 g/mol. The Kier molecular flexibility index (Phi) is 19.9. The van der Waals surface area contributed by atoms with Gasteiger partial charge in [0.2, 0.25) is 0 Å². The molecule has 6 heteroatoms. The normalized spacial score (nSPS) is 13.7. The Morgan fingerprint density at radius 2 is 0.427 bits per heavy atom. The fourth-order valence-corrected chi connectivity index (χ4v) is 10.7. The highest BCUT2D eigenvalue weighted by Gasteiger charge is 2.31. The second-order valence-electron chi connectivity index (χ2n) is 31.0. The molecule has 0 spiro atoms. The summed E-state index contributed by atoms with van der Waals surface area (Å²) >= 11 is 0. The van der Waals surface area contributed by atoms with E-state index >= 15 is 0 Å². The SMILES string of the molecule is CC(C)(C)c1cc(CCC(CCc2cc(C(C)(C)C)c(O)c(C(C)(C)C)c2)NCCCNC(CCc2cc(C(C)(C)C)c(O)c(C(C)(C)C)c2)CCc2cc(C(C)(C)C)c(O)c(C(C)(C)C)c2)cc(C(C)(C)C)c1O. The van der Waals surface area contributed by atoms with Crippen LogP contribution in [0.5, 0.6) is 23.0 Å². The molecule has 0 amide bonds. The van der Waals surface area contributed by atoms with Crippen LogP contribution >= 0.6 is 0 Å². The maximum absolute atomic E-state index is 11.6. The highest BCUT2D eigenvalue weighted by Crippen LogP contribution is 2.44. The van der Waals surface area contributed by atoms with Crippen LogP contribution in [-0.2, 0) is 69.0 Å². The summed E-state index contributed by atoms with van der Waals surface area (Å²) in [6.45, 7) is 54.3. The van der Waals surface area contributed by atoms with E-state index in [1.165, 1.54) is 22.3 Å². The Bertz CT molecular complexity index is 2050. The van der Waals surface area contributed by atoms with Crippen molar-refractivity contribution in [2.24, 2.45) is 0 Å². The number of rotatable bonds is 18. The molecule has 0 atom stereocenters. The van der Waals surface area contributed by atoms with E-state index in [1.807, 2.05) is 0 Å². The van der Waals surface area contributed by atoms with Gasteiger partial charge in [0.25, 0.3) is 0 Å². The molecule has 0 unspecified atom stereocenters. The topological polar surface area (TPSA) is 105 Å². The van der Waals surface area contributed by atoms with E-state index in [0.717, 1.165) is 115 Å². The maximum atomic E-state index is 11.6. The standard InChI is InChI=1S/C69H110N2O4/c1-62(2,3)50-36-44(37-51(58(50)72)63(4,5)6)26-30-48(31-27-45-38-52(64(7,8)9)59(73)53(39-45)65(10,11)12)70-34-25-35-71-49(32-28-46-40-54(66(13,14)15)60(74)55(41-46)67(16,17)18)33-29-47-42-56(68(19,20)21)61(75)57(43-47)69(22,23)24/h36-43,48-49,70-75H,25-35H2,1-24H3. The molecule has 0 aliphatic heterocycles. The third-order valence-electron chi connectivity index (χ3n) is 15.5. The zero-order chi connectivity index (χ0) is 57.2. The lowest BCUT2D eigenvalue weighted by Crippen LogP contribution is -2.35. The highest BCUT2D eigenvalue weighted by atomic mass is 16.3. The summed E-state index contributed by atoms with van der Waals surface area (Å²) in [4.78, 5) is 0. The van der Waals surface area contributed by atoms with Gasteiger partial charge in [0.05, 0.1) is 0 Å². The van der Waals surface area contributed by atoms with Gasteiger partial charge in [-0.1, -0.05) is 215 Å². The lowest BCUT2D eigenvalue weighted by atomic mass is 9.77. The quantitative estimate of drug-likeness (QED) is 0.0555. The third-order valence-corrected chi connectivity index (χ3v) is 15.5. The largest absolute Gasteiger partial charge is 0.507 e.